The van der Waals surface area contributed by atoms with Gasteiger partial charge in [0.1, 0.15) is 10.7 Å². The molecule has 1 aromatic rings. The van der Waals surface area contributed by atoms with Crippen LogP contribution in [0.3, 0.4) is 0 Å². The molecule has 1 fully saturated rings. The first kappa shape index (κ1) is 13.7. The second-order valence-electron chi connectivity index (χ2n) is 4.17. The number of nitrogens with zero attached hydrogens (tertiary/aromatic N) is 1. The van der Waals surface area contributed by atoms with Gasteiger partial charge in [-0.15, -0.1) is 0 Å². The Bertz CT molecular complexity index is 549. The van der Waals surface area contributed by atoms with Gasteiger partial charge in [-0.05, 0) is 31.0 Å². The van der Waals surface area contributed by atoms with Crippen molar-refractivity contribution in [1.29, 1.82) is 0 Å². The molecule has 1 N–H and O–H groups in total. The van der Waals surface area contributed by atoms with Gasteiger partial charge in [-0.3, -0.25) is 0 Å². The summed E-state index contributed by atoms with van der Waals surface area (Å²) in [5, 5.41) is 9.02. The zero-order valence-electron chi connectivity index (χ0n) is 9.51. The van der Waals surface area contributed by atoms with Gasteiger partial charge in [0.2, 0.25) is 10.0 Å². The molecule has 0 spiro atoms. The van der Waals surface area contributed by atoms with Gasteiger partial charge in [-0.25, -0.2) is 12.8 Å². The van der Waals surface area contributed by atoms with E-state index < -0.39 is 21.9 Å². The van der Waals surface area contributed by atoms with Gasteiger partial charge in [0, 0.05) is 12.6 Å². The van der Waals surface area contributed by atoms with Crippen molar-refractivity contribution in [2.24, 2.45) is 0 Å². The molecule has 0 aliphatic carbocycles. The van der Waals surface area contributed by atoms with Crippen molar-refractivity contribution < 1.29 is 17.9 Å². The molecule has 0 radical (unpaired) electrons. The average molecular weight is 294 g/mol. The molecule has 1 aliphatic rings. The number of aliphatic hydroxyl groups is 1. The van der Waals surface area contributed by atoms with Crippen LogP contribution < -0.4 is 0 Å². The average Bonchev–Trinajstić information content (AvgIpc) is 2.76. The highest BCUT2D eigenvalue weighted by molar-refractivity contribution is 7.89. The lowest BCUT2D eigenvalue weighted by Gasteiger charge is -2.22. The van der Waals surface area contributed by atoms with E-state index in [1.54, 1.807) is 0 Å². The molecule has 0 bridgehead atoms. The number of rotatable bonds is 3. The van der Waals surface area contributed by atoms with E-state index in [0.717, 1.165) is 18.2 Å². The molecule has 1 saturated heterocycles. The number of aliphatic hydroxyl groups excluding tert-OH is 1. The Morgan fingerprint density at radius 1 is 1.50 bits per heavy atom. The van der Waals surface area contributed by atoms with Crippen LogP contribution in [0.5, 0.6) is 0 Å². The van der Waals surface area contributed by atoms with Gasteiger partial charge in [0.05, 0.1) is 11.6 Å². The summed E-state index contributed by atoms with van der Waals surface area (Å²) in [6.45, 7) is 0.124. The standard InChI is InChI=1S/C11H13ClFNO3S/c12-10-6-8(13)3-4-11(10)18(16,17)14-5-1-2-9(14)7-15/h3-4,6,9,15H,1-2,5,7H2/t9-/m1/s1. The molecular weight excluding hydrogens is 281 g/mol. The molecule has 0 amide bonds. The van der Waals surface area contributed by atoms with Crippen LogP contribution in [0.1, 0.15) is 12.8 Å². The van der Waals surface area contributed by atoms with Crippen LogP contribution in [0, 0.1) is 5.82 Å². The molecule has 7 heteroatoms. The summed E-state index contributed by atoms with van der Waals surface area (Å²) in [5.41, 5.74) is 0. The quantitative estimate of drug-likeness (QED) is 0.921. The number of sulfonamides is 1. The van der Waals surface area contributed by atoms with Crippen molar-refractivity contribution in [3.63, 3.8) is 0 Å². The van der Waals surface area contributed by atoms with Crippen molar-refractivity contribution in [1.82, 2.24) is 4.31 Å². The van der Waals surface area contributed by atoms with Crippen molar-refractivity contribution >= 4 is 21.6 Å². The van der Waals surface area contributed by atoms with Crippen molar-refractivity contribution in [2.75, 3.05) is 13.2 Å². The zero-order chi connectivity index (χ0) is 13.3. The molecule has 2 rings (SSSR count). The maximum atomic E-state index is 12.9. The monoisotopic (exact) mass is 293 g/mol. The number of hydrogen-bond acceptors (Lipinski definition) is 3. The molecule has 1 heterocycles. The van der Waals surface area contributed by atoms with E-state index in [4.69, 9.17) is 16.7 Å². The Balaban J connectivity index is 2.42. The van der Waals surface area contributed by atoms with Crippen LogP contribution in [0.25, 0.3) is 0 Å². The predicted molar refractivity (Wildman–Crippen MR) is 65.4 cm³/mol. The summed E-state index contributed by atoms with van der Waals surface area (Å²) in [4.78, 5) is -0.120. The molecule has 0 saturated carbocycles. The smallest absolute Gasteiger partial charge is 0.244 e. The molecule has 1 aliphatic heterocycles. The number of halogens is 2. The lowest BCUT2D eigenvalue weighted by atomic mass is 10.2. The van der Waals surface area contributed by atoms with Gasteiger partial charge < -0.3 is 5.11 Å². The largest absolute Gasteiger partial charge is 0.395 e. The normalized spacial score (nSPS) is 21.4. The Morgan fingerprint density at radius 2 is 2.22 bits per heavy atom. The predicted octanol–water partition coefficient (Wildman–Crippen LogP) is 1.62. The third kappa shape index (κ3) is 2.38. The van der Waals surface area contributed by atoms with Crippen LogP contribution >= 0.6 is 11.6 Å². The van der Waals surface area contributed by atoms with Gasteiger partial charge >= 0.3 is 0 Å². The van der Waals surface area contributed by atoms with E-state index in [-0.39, 0.29) is 16.5 Å². The molecule has 18 heavy (non-hydrogen) atoms. The van der Waals surface area contributed by atoms with Crippen LogP contribution in [-0.4, -0.2) is 37.0 Å². The lowest BCUT2D eigenvalue weighted by Crippen LogP contribution is -2.37. The molecule has 0 unspecified atom stereocenters. The van der Waals surface area contributed by atoms with Gasteiger partial charge in [-0.2, -0.15) is 4.31 Å². The number of hydrogen-bond donors (Lipinski definition) is 1. The maximum absolute atomic E-state index is 12.9. The molecule has 1 atom stereocenters. The molecular formula is C11H13ClFNO3S. The summed E-state index contributed by atoms with van der Waals surface area (Å²) < 4.78 is 38.8. The summed E-state index contributed by atoms with van der Waals surface area (Å²) in [5.74, 6) is -0.584. The Labute approximate surface area is 110 Å². The Hall–Kier alpha value is -0.690. The minimum atomic E-state index is -3.77. The third-order valence-electron chi connectivity index (χ3n) is 3.01. The fourth-order valence-electron chi connectivity index (χ4n) is 2.12. The summed E-state index contributed by atoms with van der Waals surface area (Å²) >= 11 is 5.78. The lowest BCUT2D eigenvalue weighted by molar-refractivity contribution is 0.213. The second-order valence-corrected chi connectivity index (χ2v) is 6.44. The first-order valence-electron chi connectivity index (χ1n) is 5.54. The van der Waals surface area contributed by atoms with Crippen LogP contribution in [0.15, 0.2) is 23.1 Å². The molecule has 0 aromatic heterocycles. The van der Waals surface area contributed by atoms with Gasteiger partial charge in [-0.1, -0.05) is 11.6 Å². The highest BCUT2D eigenvalue weighted by Gasteiger charge is 2.35. The van der Waals surface area contributed by atoms with Gasteiger partial charge in [0.25, 0.3) is 0 Å². The summed E-state index contributed by atoms with van der Waals surface area (Å²) in [7, 11) is -3.77. The van der Waals surface area contributed by atoms with Crippen LogP contribution in [0.4, 0.5) is 4.39 Å². The minimum absolute atomic E-state index is 0.120. The molecule has 1 aromatic carbocycles. The highest BCUT2D eigenvalue weighted by atomic mass is 35.5. The zero-order valence-corrected chi connectivity index (χ0v) is 11.1. The topological polar surface area (TPSA) is 57.6 Å². The SMILES string of the molecule is O=S(=O)(c1ccc(F)cc1Cl)N1CCC[C@@H]1CO. The van der Waals surface area contributed by atoms with E-state index in [9.17, 15) is 12.8 Å². The Morgan fingerprint density at radius 3 is 2.83 bits per heavy atom. The van der Waals surface area contributed by atoms with Crippen LogP contribution in [-0.2, 0) is 10.0 Å². The Kier molecular flexibility index (Phi) is 3.91. The van der Waals surface area contributed by atoms with E-state index in [2.05, 4.69) is 0 Å². The van der Waals surface area contributed by atoms with Crippen molar-refractivity contribution in [2.45, 2.75) is 23.8 Å². The van der Waals surface area contributed by atoms with E-state index >= 15 is 0 Å². The van der Waals surface area contributed by atoms with E-state index in [0.29, 0.717) is 19.4 Å². The van der Waals surface area contributed by atoms with E-state index in [1.807, 2.05) is 0 Å². The fraction of sp³-hybridized carbons (Fsp3) is 0.455. The minimum Gasteiger partial charge on any atom is -0.395 e. The molecule has 4 nitrogen and oxygen atoms in total. The first-order valence-corrected chi connectivity index (χ1v) is 7.36. The van der Waals surface area contributed by atoms with Crippen molar-refractivity contribution in [3.8, 4) is 0 Å². The fourth-order valence-corrected chi connectivity index (χ4v) is 4.31. The third-order valence-corrected chi connectivity index (χ3v) is 5.45. The number of benzene rings is 1. The first-order chi connectivity index (χ1) is 8.46. The summed E-state index contributed by atoms with van der Waals surface area (Å²) in [6, 6.07) is 2.76. The second kappa shape index (κ2) is 5.13. The van der Waals surface area contributed by atoms with Gasteiger partial charge in [0.15, 0.2) is 0 Å². The maximum Gasteiger partial charge on any atom is 0.244 e. The highest BCUT2D eigenvalue weighted by Crippen LogP contribution is 2.30. The van der Waals surface area contributed by atoms with E-state index in [1.165, 1.54) is 4.31 Å². The molecule has 100 valence electrons. The van der Waals surface area contributed by atoms with Crippen molar-refractivity contribution in [3.05, 3.63) is 29.0 Å². The van der Waals surface area contributed by atoms with Crippen LogP contribution in [0.2, 0.25) is 5.02 Å². The summed E-state index contributed by atoms with van der Waals surface area (Å²) in [6.07, 6.45) is 1.32.